The Morgan fingerprint density at radius 2 is 1.89 bits per heavy atom. The number of nitrogens with two attached hydrogens (primary N) is 1. The molecular weight excluding hydrogens is 228 g/mol. The molecule has 1 rings (SSSR count). The molecule has 0 fully saturated rings. The van der Waals surface area contributed by atoms with Gasteiger partial charge < -0.3 is 15.8 Å². The lowest BCUT2D eigenvalue weighted by Crippen LogP contribution is -2.48. The second kappa shape index (κ2) is 6.40. The van der Waals surface area contributed by atoms with E-state index in [9.17, 15) is 4.79 Å². The summed E-state index contributed by atoms with van der Waals surface area (Å²) < 4.78 is 5.73. The number of hydrogen-bond donors (Lipinski definition) is 2. The van der Waals surface area contributed by atoms with E-state index in [1.54, 1.807) is 0 Å². The molecule has 1 aromatic carbocycles. The Bertz CT molecular complexity index is 396. The average Bonchev–Trinajstić information content (AvgIpc) is 2.26. The number of benzene rings is 1. The highest BCUT2D eigenvalue weighted by atomic mass is 16.5. The fourth-order valence-electron chi connectivity index (χ4n) is 1.81. The average molecular weight is 250 g/mol. The van der Waals surface area contributed by atoms with Crippen LogP contribution in [0.1, 0.15) is 25.0 Å². The normalized spacial score (nSPS) is 12.5. The van der Waals surface area contributed by atoms with Gasteiger partial charge in [-0.1, -0.05) is 32.0 Å². The molecule has 1 amide bonds. The van der Waals surface area contributed by atoms with Crippen LogP contribution in [0, 0.1) is 13.8 Å². The number of primary amides is 1. The van der Waals surface area contributed by atoms with Gasteiger partial charge in [0.25, 0.3) is 0 Å². The van der Waals surface area contributed by atoms with Crippen LogP contribution in [0.25, 0.3) is 0 Å². The Kier molecular flexibility index (Phi) is 5.16. The molecule has 1 atom stereocenters. The Balaban J connectivity index is 2.70. The summed E-state index contributed by atoms with van der Waals surface area (Å²) in [6.07, 6.45) is 0. The first-order valence-corrected chi connectivity index (χ1v) is 6.16. The molecule has 18 heavy (non-hydrogen) atoms. The molecule has 0 bridgehead atoms. The van der Waals surface area contributed by atoms with Crippen molar-refractivity contribution in [2.24, 2.45) is 5.73 Å². The second-order valence-electron chi connectivity index (χ2n) is 4.81. The van der Waals surface area contributed by atoms with Crippen LogP contribution in [0.3, 0.4) is 0 Å². The molecule has 1 aromatic rings. The van der Waals surface area contributed by atoms with Crippen molar-refractivity contribution in [3.8, 4) is 5.75 Å². The molecular formula is C14H22N2O2. The first-order valence-electron chi connectivity index (χ1n) is 6.16. The lowest BCUT2D eigenvalue weighted by molar-refractivity contribution is -0.120. The zero-order chi connectivity index (χ0) is 13.7. The van der Waals surface area contributed by atoms with Gasteiger partial charge in [-0.05, 0) is 25.0 Å². The number of nitrogens with one attached hydrogen (secondary N) is 1. The van der Waals surface area contributed by atoms with E-state index in [1.807, 2.05) is 45.9 Å². The summed E-state index contributed by atoms with van der Waals surface area (Å²) in [5.41, 5.74) is 7.46. The zero-order valence-electron chi connectivity index (χ0n) is 11.5. The zero-order valence-corrected chi connectivity index (χ0v) is 11.5. The molecule has 100 valence electrons. The third kappa shape index (κ3) is 4.04. The van der Waals surface area contributed by atoms with E-state index >= 15 is 0 Å². The van der Waals surface area contributed by atoms with Gasteiger partial charge in [-0.15, -0.1) is 0 Å². The van der Waals surface area contributed by atoms with Crippen molar-refractivity contribution in [3.05, 3.63) is 29.3 Å². The van der Waals surface area contributed by atoms with Gasteiger partial charge in [0, 0.05) is 6.04 Å². The maximum absolute atomic E-state index is 11.3. The van der Waals surface area contributed by atoms with Crippen molar-refractivity contribution in [2.75, 3.05) is 6.61 Å². The van der Waals surface area contributed by atoms with Gasteiger partial charge in [0.1, 0.15) is 18.4 Å². The van der Waals surface area contributed by atoms with Crippen LogP contribution in [0.15, 0.2) is 18.2 Å². The van der Waals surface area contributed by atoms with E-state index in [1.165, 1.54) is 0 Å². The minimum absolute atomic E-state index is 0.184. The van der Waals surface area contributed by atoms with Crippen LogP contribution in [-0.4, -0.2) is 24.6 Å². The Morgan fingerprint density at radius 1 is 1.33 bits per heavy atom. The van der Waals surface area contributed by atoms with Crippen molar-refractivity contribution in [2.45, 2.75) is 39.8 Å². The monoisotopic (exact) mass is 250 g/mol. The molecule has 0 heterocycles. The Hall–Kier alpha value is -1.55. The lowest BCUT2D eigenvalue weighted by Gasteiger charge is -2.20. The fourth-order valence-corrected chi connectivity index (χ4v) is 1.81. The molecule has 0 spiro atoms. The van der Waals surface area contributed by atoms with Crippen LogP contribution in [-0.2, 0) is 4.79 Å². The predicted molar refractivity (Wildman–Crippen MR) is 72.7 cm³/mol. The Labute approximate surface area is 109 Å². The molecule has 0 aliphatic rings. The van der Waals surface area contributed by atoms with Crippen LogP contribution >= 0.6 is 0 Å². The summed E-state index contributed by atoms with van der Waals surface area (Å²) in [5.74, 6) is 0.434. The minimum atomic E-state index is -0.469. The van der Waals surface area contributed by atoms with Crippen LogP contribution < -0.4 is 15.8 Å². The van der Waals surface area contributed by atoms with Crippen molar-refractivity contribution in [3.63, 3.8) is 0 Å². The van der Waals surface area contributed by atoms with Crippen LogP contribution in [0.2, 0.25) is 0 Å². The van der Waals surface area contributed by atoms with Crippen molar-refractivity contribution in [1.29, 1.82) is 0 Å². The van der Waals surface area contributed by atoms with E-state index in [0.717, 1.165) is 16.9 Å². The number of amides is 1. The number of aryl methyl sites for hydroxylation is 2. The molecule has 0 saturated heterocycles. The molecule has 1 unspecified atom stereocenters. The number of carbonyl (C=O) groups excluding carboxylic acids is 1. The number of carbonyl (C=O) groups is 1. The molecule has 4 nitrogen and oxygen atoms in total. The quantitative estimate of drug-likeness (QED) is 0.805. The van der Waals surface area contributed by atoms with Crippen LogP contribution in [0.4, 0.5) is 0 Å². The van der Waals surface area contributed by atoms with E-state index < -0.39 is 11.9 Å². The summed E-state index contributed by atoms with van der Waals surface area (Å²) in [6.45, 7) is 8.15. The summed E-state index contributed by atoms with van der Waals surface area (Å²) in [6, 6.07) is 5.66. The Morgan fingerprint density at radius 3 is 2.33 bits per heavy atom. The van der Waals surface area contributed by atoms with E-state index in [4.69, 9.17) is 10.5 Å². The number of hydrogen-bond acceptors (Lipinski definition) is 3. The van der Waals surface area contributed by atoms with Gasteiger partial charge in [-0.3, -0.25) is 4.79 Å². The summed E-state index contributed by atoms with van der Waals surface area (Å²) in [7, 11) is 0. The van der Waals surface area contributed by atoms with Gasteiger partial charge in [-0.25, -0.2) is 0 Å². The maximum Gasteiger partial charge on any atom is 0.238 e. The highest BCUT2D eigenvalue weighted by Gasteiger charge is 2.17. The molecule has 4 heteroatoms. The van der Waals surface area contributed by atoms with Crippen molar-refractivity contribution >= 4 is 5.91 Å². The third-order valence-corrected chi connectivity index (χ3v) is 2.68. The molecule has 0 aliphatic heterocycles. The molecule has 0 saturated carbocycles. The minimum Gasteiger partial charge on any atom is -0.491 e. The van der Waals surface area contributed by atoms with Crippen molar-refractivity contribution in [1.82, 2.24) is 5.32 Å². The van der Waals surface area contributed by atoms with E-state index in [-0.39, 0.29) is 12.6 Å². The molecule has 3 N–H and O–H groups in total. The van der Waals surface area contributed by atoms with Gasteiger partial charge >= 0.3 is 0 Å². The van der Waals surface area contributed by atoms with Gasteiger partial charge in [-0.2, -0.15) is 0 Å². The largest absolute Gasteiger partial charge is 0.491 e. The second-order valence-corrected chi connectivity index (χ2v) is 4.81. The number of para-hydroxylation sites is 1. The predicted octanol–water partition coefficient (Wildman–Crippen LogP) is 1.53. The van der Waals surface area contributed by atoms with Crippen molar-refractivity contribution < 1.29 is 9.53 Å². The number of ether oxygens (including phenoxy) is 1. The summed E-state index contributed by atoms with van der Waals surface area (Å²) in [5, 5.41) is 3.09. The third-order valence-electron chi connectivity index (χ3n) is 2.68. The first kappa shape index (κ1) is 14.5. The van der Waals surface area contributed by atoms with Crippen LogP contribution in [0.5, 0.6) is 5.75 Å². The summed E-state index contributed by atoms with van der Waals surface area (Å²) in [4.78, 5) is 11.3. The maximum atomic E-state index is 11.3. The summed E-state index contributed by atoms with van der Waals surface area (Å²) >= 11 is 0. The molecule has 0 aromatic heterocycles. The SMILES string of the molecule is Cc1cccc(C)c1OCC(NC(C)C)C(N)=O. The van der Waals surface area contributed by atoms with Gasteiger partial charge in [0.05, 0.1) is 0 Å². The molecule has 0 radical (unpaired) electrons. The number of rotatable bonds is 6. The fraction of sp³-hybridized carbons (Fsp3) is 0.500. The lowest BCUT2D eigenvalue weighted by atomic mass is 10.1. The standard InChI is InChI=1S/C14H22N2O2/c1-9(2)16-12(14(15)17)8-18-13-10(3)6-5-7-11(13)4/h5-7,9,12,16H,8H2,1-4H3,(H2,15,17). The smallest absolute Gasteiger partial charge is 0.238 e. The highest BCUT2D eigenvalue weighted by Crippen LogP contribution is 2.22. The van der Waals surface area contributed by atoms with Gasteiger partial charge in [0.15, 0.2) is 0 Å². The van der Waals surface area contributed by atoms with E-state index in [0.29, 0.717) is 0 Å². The first-order chi connectivity index (χ1) is 8.41. The molecule has 0 aliphatic carbocycles. The topological polar surface area (TPSA) is 64.3 Å². The highest BCUT2D eigenvalue weighted by molar-refractivity contribution is 5.80. The van der Waals surface area contributed by atoms with Gasteiger partial charge in [0.2, 0.25) is 5.91 Å². The van der Waals surface area contributed by atoms with E-state index in [2.05, 4.69) is 5.32 Å².